The molecule has 1 saturated heterocycles. The smallest absolute Gasteiger partial charge is 0.255 e. The van der Waals surface area contributed by atoms with Crippen LogP contribution < -0.4 is 10.1 Å². The van der Waals surface area contributed by atoms with Gasteiger partial charge in [0, 0.05) is 35.5 Å². The summed E-state index contributed by atoms with van der Waals surface area (Å²) < 4.78 is 11.0. The molecule has 3 rings (SSSR count). The molecule has 0 saturated carbocycles. The van der Waals surface area contributed by atoms with Crippen LogP contribution in [0.15, 0.2) is 42.6 Å². The van der Waals surface area contributed by atoms with Crippen LogP contribution in [0.5, 0.6) is 5.88 Å². The van der Waals surface area contributed by atoms with E-state index in [1.54, 1.807) is 36.4 Å². The summed E-state index contributed by atoms with van der Waals surface area (Å²) in [6.45, 7) is 2.70. The van der Waals surface area contributed by atoms with Crippen LogP contribution in [0, 0.1) is 0 Å². The van der Waals surface area contributed by atoms with Gasteiger partial charge in [-0.15, -0.1) is 0 Å². The summed E-state index contributed by atoms with van der Waals surface area (Å²) in [5.41, 5.74) is 1.55. The number of rotatable bonds is 5. The fraction of sp³-hybridized carbons (Fsp3) is 0.278. The molecule has 1 unspecified atom stereocenters. The number of hydrogen-bond acceptors (Lipinski definition) is 5. The number of aromatic nitrogens is 1. The summed E-state index contributed by atoms with van der Waals surface area (Å²) >= 11 is 0. The van der Waals surface area contributed by atoms with Crippen LogP contribution >= 0.6 is 0 Å². The minimum absolute atomic E-state index is 0.0249. The van der Waals surface area contributed by atoms with Crippen molar-refractivity contribution in [2.45, 2.75) is 19.4 Å². The molecule has 0 aliphatic carbocycles. The van der Waals surface area contributed by atoms with Gasteiger partial charge < -0.3 is 14.8 Å². The molecule has 0 bridgehead atoms. The number of amides is 1. The Labute approximate surface area is 139 Å². The van der Waals surface area contributed by atoms with Crippen LogP contribution in [-0.2, 0) is 4.74 Å². The Balaban J connectivity index is 1.70. The van der Waals surface area contributed by atoms with Crippen molar-refractivity contribution in [1.82, 2.24) is 4.98 Å². The van der Waals surface area contributed by atoms with Gasteiger partial charge in [-0.2, -0.15) is 0 Å². The number of anilines is 1. The number of ketones is 1. The molecule has 1 N–H and O–H groups in total. The van der Waals surface area contributed by atoms with Gasteiger partial charge in [0.15, 0.2) is 5.78 Å². The Morgan fingerprint density at radius 2 is 2.12 bits per heavy atom. The fourth-order valence-electron chi connectivity index (χ4n) is 2.41. The molecule has 1 fully saturated rings. The van der Waals surface area contributed by atoms with Crippen molar-refractivity contribution in [2.75, 3.05) is 18.5 Å². The van der Waals surface area contributed by atoms with E-state index in [4.69, 9.17) is 9.47 Å². The molecule has 1 aromatic heterocycles. The Bertz CT molecular complexity index is 754. The van der Waals surface area contributed by atoms with Crippen LogP contribution in [0.2, 0.25) is 0 Å². The number of nitrogens with zero attached hydrogens (tertiary/aromatic N) is 1. The SMILES string of the molecule is CC(=O)c1cccc(NC(=O)c2ccnc(OC3CCOC3)c2)c1. The largest absolute Gasteiger partial charge is 0.472 e. The van der Waals surface area contributed by atoms with Gasteiger partial charge in [0.2, 0.25) is 5.88 Å². The van der Waals surface area contributed by atoms with Crippen molar-refractivity contribution in [3.05, 3.63) is 53.7 Å². The number of ether oxygens (including phenoxy) is 2. The lowest BCUT2D eigenvalue weighted by Crippen LogP contribution is -2.17. The summed E-state index contributed by atoms with van der Waals surface area (Å²) in [5.74, 6) is 0.0609. The van der Waals surface area contributed by atoms with Crippen LogP contribution in [0.1, 0.15) is 34.1 Å². The summed E-state index contributed by atoms with van der Waals surface area (Å²) in [6.07, 6.45) is 2.32. The zero-order valence-corrected chi connectivity index (χ0v) is 13.3. The highest BCUT2D eigenvalue weighted by atomic mass is 16.5. The number of nitrogens with one attached hydrogen (secondary N) is 1. The summed E-state index contributed by atoms with van der Waals surface area (Å²) in [4.78, 5) is 27.9. The lowest BCUT2D eigenvalue weighted by molar-refractivity contribution is 0.101. The highest BCUT2D eigenvalue weighted by molar-refractivity contribution is 6.05. The Morgan fingerprint density at radius 1 is 1.25 bits per heavy atom. The third-order valence-electron chi connectivity index (χ3n) is 3.70. The van der Waals surface area contributed by atoms with Crippen molar-refractivity contribution < 1.29 is 19.1 Å². The van der Waals surface area contributed by atoms with Crippen molar-refractivity contribution >= 4 is 17.4 Å². The first-order valence-corrected chi connectivity index (χ1v) is 7.74. The molecule has 0 radical (unpaired) electrons. The van der Waals surface area contributed by atoms with E-state index >= 15 is 0 Å². The normalized spacial score (nSPS) is 16.6. The molecule has 2 aromatic rings. The van der Waals surface area contributed by atoms with E-state index in [0.717, 1.165) is 6.42 Å². The minimum atomic E-state index is -0.286. The van der Waals surface area contributed by atoms with E-state index in [9.17, 15) is 9.59 Å². The molecule has 1 aliphatic heterocycles. The first-order valence-electron chi connectivity index (χ1n) is 7.74. The maximum atomic E-state index is 12.4. The number of carbonyl (C=O) groups is 2. The highest BCUT2D eigenvalue weighted by Gasteiger charge is 2.18. The van der Waals surface area contributed by atoms with Crippen molar-refractivity contribution in [3.63, 3.8) is 0 Å². The average molecular weight is 326 g/mol. The second-order valence-electron chi connectivity index (χ2n) is 5.58. The lowest BCUT2D eigenvalue weighted by Gasteiger charge is -2.11. The topological polar surface area (TPSA) is 77.5 Å². The van der Waals surface area contributed by atoms with Gasteiger partial charge in [0.25, 0.3) is 5.91 Å². The Hall–Kier alpha value is -2.73. The lowest BCUT2D eigenvalue weighted by atomic mass is 10.1. The third-order valence-corrected chi connectivity index (χ3v) is 3.70. The maximum Gasteiger partial charge on any atom is 0.255 e. The van der Waals surface area contributed by atoms with Crippen molar-refractivity contribution in [3.8, 4) is 5.88 Å². The predicted octanol–water partition coefficient (Wildman–Crippen LogP) is 2.70. The van der Waals surface area contributed by atoms with E-state index in [1.807, 2.05) is 0 Å². The van der Waals surface area contributed by atoms with Crippen LogP contribution in [0.3, 0.4) is 0 Å². The highest BCUT2D eigenvalue weighted by Crippen LogP contribution is 2.17. The summed E-state index contributed by atoms with van der Waals surface area (Å²) in [6, 6.07) is 10.0. The van der Waals surface area contributed by atoms with Gasteiger partial charge in [0.05, 0.1) is 13.2 Å². The Morgan fingerprint density at radius 3 is 2.88 bits per heavy atom. The van der Waals surface area contributed by atoms with Gasteiger partial charge in [-0.3, -0.25) is 9.59 Å². The zero-order valence-electron chi connectivity index (χ0n) is 13.3. The molecule has 2 heterocycles. The minimum Gasteiger partial charge on any atom is -0.472 e. The molecule has 1 atom stereocenters. The predicted molar refractivity (Wildman–Crippen MR) is 88.5 cm³/mol. The number of pyridine rings is 1. The molecule has 124 valence electrons. The van der Waals surface area contributed by atoms with Gasteiger partial charge in [0.1, 0.15) is 6.10 Å². The molecule has 6 heteroatoms. The molecular weight excluding hydrogens is 308 g/mol. The van der Waals surface area contributed by atoms with Gasteiger partial charge in [-0.1, -0.05) is 12.1 Å². The molecule has 24 heavy (non-hydrogen) atoms. The summed E-state index contributed by atoms with van der Waals surface area (Å²) in [5, 5.41) is 2.78. The van der Waals surface area contributed by atoms with E-state index in [0.29, 0.717) is 35.9 Å². The molecule has 1 amide bonds. The molecule has 6 nitrogen and oxygen atoms in total. The number of Topliss-reactive ketones (excluding diaryl/α,β-unsaturated/α-hetero) is 1. The molecule has 1 aromatic carbocycles. The van der Waals surface area contributed by atoms with Gasteiger partial charge in [-0.25, -0.2) is 4.98 Å². The second-order valence-corrected chi connectivity index (χ2v) is 5.58. The van der Waals surface area contributed by atoms with Gasteiger partial charge in [-0.05, 0) is 25.1 Å². The van der Waals surface area contributed by atoms with Crippen LogP contribution in [0.4, 0.5) is 5.69 Å². The monoisotopic (exact) mass is 326 g/mol. The van der Waals surface area contributed by atoms with E-state index in [1.165, 1.54) is 13.1 Å². The Kier molecular flexibility index (Phi) is 4.86. The van der Waals surface area contributed by atoms with E-state index in [2.05, 4.69) is 10.3 Å². The van der Waals surface area contributed by atoms with Crippen LogP contribution in [0.25, 0.3) is 0 Å². The van der Waals surface area contributed by atoms with E-state index < -0.39 is 0 Å². The third kappa shape index (κ3) is 3.97. The van der Waals surface area contributed by atoms with Crippen LogP contribution in [-0.4, -0.2) is 36.0 Å². The fourth-order valence-corrected chi connectivity index (χ4v) is 2.41. The van der Waals surface area contributed by atoms with E-state index in [-0.39, 0.29) is 17.8 Å². The maximum absolute atomic E-state index is 12.4. The number of carbonyl (C=O) groups excluding carboxylic acids is 2. The van der Waals surface area contributed by atoms with Crippen molar-refractivity contribution in [1.29, 1.82) is 0 Å². The average Bonchev–Trinajstić information content (AvgIpc) is 3.08. The molecule has 1 aliphatic rings. The molecule has 0 spiro atoms. The number of benzene rings is 1. The van der Waals surface area contributed by atoms with Gasteiger partial charge >= 0.3 is 0 Å². The van der Waals surface area contributed by atoms with Crippen molar-refractivity contribution in [2.24, 2.45) is 0 Å². The molecular formula is C18H18N2O4. The standard InChI is InChI=1S/C18H18N2O4/c1-12(21)13-3-2-4-15(9-13)20-18(22)14-5-7-19-17(10-14)24-16-6-8-23-11-16/h2-5,7,9-10,16H,6,8,11H2,1H3,(H,20,22). The first kappa shape index (κ1) is 16.1. The zero-order chi connectivity index (χ0) is 16.9. The number of hydrogen-bond donors (Lipinski definition) is 1. The second kappa shape index (κ2) is 7.23. The quantitative estimate of drug-likeness (QED) is 0.855. The summed E-state index contributed by atoms with van der Waals surface area (Å²) in [7, 11) is 0. The first-order chi connectivity index (χ1) is 11.6.